The van der Waals surface area contributed by atoms with Gasteiger partial charge in [0.15, 0.2) is 11.6 Å². The van der Waals surface area contributed by atoms with E-state index in [0.29, 0.717) is 0 Å². The molecule has 0 saturated carbocycles. The molecule has 1 aromatic carbocycles. The highest BCUT2D eigenvalue weighted by molar-refractivity contribution is 7.83. The molecule has 0 N–H and O–H groups in total. The van der Waals surface area contributed by atoms with Gasteiger partial charge in [-0.2, -0.15) is 4.39 Å². The molecular weight excluding hydrogens is 274 g/mol. The van der Waals surface area contributed by atoms with Crippen LogP contribution in [0, 0.1) is 33.4 Å². The Morgan fingerprint density at radius 2 is 1.56 bits per heavy atom. The molecule has 86 valence electrons. The second-order valence-corrected chi connectivity index (χ2v) is 3.52. The van der Waals surface area contributed by atoms with Crippen molar-refractivity contribution in [3.63, 3.8) is 0 Å². The molecule has 0 aromatic heterocycles. The van der Waals surface area contributed by atoms with Gasteiger partial charge in [-0.1, -0.05) is 23.8 Å². The summed E-state index contributed by atoms with van der Waals surface area (Å²) in [5.41, 5.74) is -2.91. The molecule has 0 bridgehead atoms. The van der Waals surface area contributed by atoms with Gasteiger partial charge in [0.25, 0.3) is 0 Å². The van der Waals surface area contributed by atoms with Crippen LogP contribution in [-0.2, 0) is 0 Å². The third-order valence-electron chi connectivity index (χ3n) is 1.62. The van der Waals surface area contributed by atoms with Gasteiger partial charge >= 0.3 is 5.69 Å². The van der Waals surface area contributed by atoms with Crippen molar-refractivity contribution in [1.29, 1.82) is 0 Å². The lowest BCUT2D eigenvalue weighted by Gasteiger charge is -2.04. The van der Waals surface area contributed by atoms with Crippen LogP contribution < -0.4 is 0 Å². The summed E-state index contributed by atoms with van der Waals surface area (Å²) in [5.74, 6) is -8.64. The van der Waals surface area contributed by atoms with Gasteiger partial charge in [0.2, 0.25) is 11.6 Å². The van der Waals surface area contributed by atoms with E-state index in [1.54, 1.807) is 0 Å². The first-order valence-corrected chi connectivity index (χ1v) is 4.27. The molecule has 0 aliphatic heterocycles. The molecule has 0 aliphatic carbocycles. The van der Waals surface area contributed by atoms with Gasteiger partial charge in [0.05, 0.1) is 4.92 Å². The number of hydrogen-bond donors (Lipinski definition) is 0. The van der Waals surface area contributed by atoms with E-state index in [-0.39, 0.29) is 0 Å². The van der Waals surface area contributed by atoms with Crippen molar-refractivity contribution < 1.29 is 22.5 Å². The summed E-state index contributed by atoms with van der Waals surface area (Å²) in [6.07, 6.45) is 0. The third-order valence-corrected chi connectivity index (χ3v) is 2.01. The van der Waals surface area contributed by atoms with E-state index in [1.165, 1.54) is 0 Å². The highest BCUT2D eigenvalue weighted by Crippen LogP contribution is 2.31. The number of nitro benzene ring substituents is 1. The molecule has 0 fully saturated rings. The van der Waals surface area contributed by atoms with E-state index in [1.807, 2.05) is 0 Å². The summed E-state index contributed by atoms with van der Waals surface area (Å²) in [6.45, 7) is 0. The SMILES string of the molecule is O=[N+]([O-])c1c(F)c(F)c(F)c(F)c1C(=S)Cl. The molecule has 0 spiro atoms. The van der Waals surface area contributed by atoms with Crippen molar-refractivity contribution in [2.45, 2.75) is 0 Å². The molecule has 16 heavy (non-hydrogen) atoms. The number of hydrogen-bond acceptors (Lipinski definition) is 3. The Balaban J connectivity index is 3.83. The Bertz CT molecular complexity index is 463. The van der Waals surface area contributed by atoms with Gasteiger partial charge in [0, 0.05) is 0 Å². The number of benzene rings is 1. The first-order chi connectivity index (χ1) is 7.29. The zero-order chi connectivity index (χ0) is 12.6. The summed E-state index contributed by atoms with van der Waals surface area (Å²) in [6, 6.07) is 0. The van der Waals surface area contributed by atoms with Crippen LogP contribution in [0.1, 0.15) is 5.56 Å². The largest absolute Gasteiger partial charge is 0.320 e. The van der Waals surface area contributed by atoms with Crippen LogP contribution >= 0.6 is 23.8 Å². The molecular formula is C7ClF4NO2S. The molecule has 0 amide bonds. The second kappa shape index (κ2) is 4.30. The molecule has 3 nitrogen and oxygen atoms in total. The number of nitro groups is 1. The maximum absolute atomic E-state index is 13.1. The number of nitrogens with zero attached hydrogens (tertiary/aromatic N) is 1. The Hall–Kier alpha value is -1.28. The van der Waals surface area contributed by atoms with Crippen LogP contribution in [0.15, 0.2) is 0 Å². The number of thiocarbonyl (C=S) groups is 1. The fraction of sp³-hybridized carbons (Fsp3) is 0. The fourth-order valence-corrected chi connectivity index (χ4v) is 1.33. The summed E-state index contributed by atoms with van der Waals surface area (Å²) in [5, 5.41) is 10.4. The monoisotopic (exact) mass is 273 g/mol. The minimum Gasteiger partial charge on any atom is -0.258 e. The standard InChI is InChI=1S/C7ClF4NO2S/c8-7(16)1-2(9)3(10)4(11)5(12)6(1)13(14)15. The van der Waals surface area contributed by atoms with E-state index in [2.05, 4.69) is 12.2 Å². The third kappa shape index (κ3) is 1.85. The summed E-state index contributed by atoms with van der Waals surface area (Å²) < 4.78 is 50.5. The van der Waals surface area contributed by atoms with Crippen LogP contribution in [0.5, 0.6) is 0 Å². The van der Waals surface area contributed by atoms with E-state index in [9.17, 15) is 27.7 Å². The highest BCUT2D eigenvalue weighted by Gasteiger charge is 2.34. The van der Waals surface area contributed by atoms with Crippen LogP contribution in [0.3, 0.4) is 0 Å². The molecule has 0 atom stereocenters. The van der Waals surface area contributed by atoms with Crippen molar-refractivity contribution in [3.8, 4) is 0 Å². The van der Waals surface area contributed by atoms with Gasteiger partial charge in [-0.25, -0.2) is 13.2 Å². The number of rotatable bonds is 2. The topological polar surface area (TPSA) is 43.1 Å². The highest BCUT2D eigenvalue weighted by atomic mass is 35.5. The Kier molecular flexibility index (Phi) is 3.44. The smallest absolute Gasteiger partial charge is 0.258 e. The summed E-state index contributed by atoms with van der Waals surface area (Å²) in [7, 11) is 0. The molecule has 0 saturated heterocycles. The van der Waals surface area contributed by atoms with Crippen LogP contribution in [0.4, 0.5) is 23.2 Å². The summed E-state index contributed by atoms with van der Waals surface area (Å²) >= 11 is 9.27. The summed E-state index contributed by atoms with van der Waals surface area (Å²) in [4.78, 5) is 8.91. The minimum absolute atomic E-state index is 0.970. The van der Waals surface area contributed by atoms with Gasteiger partial charge in [-0.15, -0.1) is 0 Å². The average Bonchev–Trinajstić information content (AvgIpc) is 2.18. The zero-order valence-electron chi connectivity index (χ0n) is 7.06. The fourth-order valence-electron chi connectivity index (χ4n) is 0.971. The van der Waals surface area contributed by atoms with E-state index in [0.717, 1.165) is 0 Å². The van der Waals surface area contributed by atoms with Crippen molar-refractivity contribution in [2.24, 2.45) is 0 Å². The molecule has 9 heteroatoms. The molecule has 0 unspecified atom stereocenters. The van der Waals surface area contributed by atoms with Crippen LogP contribution in [0.2, 0.25) is 0 Å². The predicted molar refractivity (Wildman–Crippen MR) is 50.5 cm³/mol. The van der Waals surface area contributed by atoms with Crippen molar-refractivity contribution in [1.82, 2.24) is 0 Å². The molecule has 0 heterocycles. The lowest BCUT2D eigenvalue weighted by molar-refractivity contribution is -0.388. The lowest BCUT2D eigenvalue weighted by atomic mass is 10.1. The maximum atomic E-state index is 13.1. The van der Waals surface area contributed by atoms with Crippen molar-refractivity contribution in [3.05, 3.63) is 38.9 Å². The average molecular weight is 274 g/mol. The zero-order valence-corrected chi connectivity index (χ0v) is 8.63. The second-order valence-electron chi connectivity index (χ2n) is 2.51. The quantitative estimate of drug-likeness (QED) is 0.158. The Labute approximate surface area is 95.8 Å². The van der Waals surface area contributed by atoms with Gasteiger partial charge < -0.3 is 0 Å². The molecule has 1 aromatic rings. The Morgan fingerprint density at radius 3 is 1.94 bits per heavy atom. The lowest BCUT2D eigenvalue weighted by Crippen LogP contribution is -2.09. The Morgan fingerprint density at radius 1 is 1.12 bits per heavy atom. The van der Waals surface area contributed by atoms with Crippen molar-refractivity contribution >= 4 is 33.8 Å². The molecule has 0 radical (unpaired) electrons. The molecule has 1 rings (SSSR count). The van der Waals surface area contributed by atoms with E-state index < -0.39 is 43.8 Å². The van der Waals surface area contributed by atoms with E-state index >= 15 is 0 Å². The van der Waals surface area contributed by atoms with Crippen molar-refractivity contribution in [2.75, 3.05) is 0 Å². The first kappa shape index (κ1) is 12.8. The minimum atomic E-state index is -2.29. The number of halogens is 5. The first-order valence-electron chi connectivity index (χ1n) is 3.49. The normalized spacial score (nSPS) is 10.3. The van der Waals surface area contributed by atoms with Crippen LogP contribution in [-0.4, -0.2) is 9.25 Å². The predicted octanol–water partition coefficient (Wildman–Crippen LogP) is 3.07. The van der Waals surface area contributed by atoms with E-state index in [4.69, 9.17) is 11.6 Å². The molecule has 0 aliphatic rings. The van der Waals surface area contributed by atoms with Gasteiger partial charge in [0.1, 0.15) is 9.89 Å². The van der Waals surface area contributed by atoms with Crippen LogP contribution in [0.25, 0.3) is 0 Å². The maximum Gasteiger partial charge on any atom is 0.320 e. The van der Waals surface area contributed by atoms with Gasteiger partial charge in [-0.3, -0.25) is 10.1 Å². The van der Waals surface area contributed by atoms with Gasteiger partial charge in [-0.05, 0) is 0 Å².